The fraction of sp³-hybridized carbons (Fsp3) is 0.290. The second-order valence-electron chi connectivity index (χ2n) is 9.77. The van der Waals surface area contributed by atoms with Crippen LogP contribution in [0.5, 0.6) is 17.2 Å². The van der Waals surface area contributed by atoms with Gasteiger partial charge in [0.2, 0.25) is 0 Å². The largest absolute Gasteiger partial charge is 0.507 e. The summed E-state index contributed by atoms with van der Waals surface area (Å²) in [5.74, 6) is -1.19. The highest BCUT2D eigenvalue weighted by Gasteiger charge is 2.48. The maximum absolute atomic E-state index is 13.7. The molecule has 0 spiro atoms. The quantitative estimate of drug-likeness (QED) is 0.118. The van der Waals surface area contributed by atoms with Crippen LogP contribution in [0, 0.1) is 6.92 Å². The molecule has 218 valence electrons. The molecule has 11 heteroatoms. The highest BCUT2D eigenvalue weighted by molar-refractivity contribution is 7.17. The molecule has 2 aliphatic rings. The molecule has 5 rings (SSSR count). The molecule has 3 heterocycles. The summed E-state index contributed by atoms with van der Waals surface area (Å²) in [4.78, 5) is 45.5. The van der Waals surface area contributed by atoms with E-state index >= 15 is 0 Å². The monoisotopic (exact) mass is 590 g/mol. The molecular formula is C31H30N2O8S. The van der Waals surface area contributed by atoms with Gasteiger partial charge >= 0.3 is 11.9 Å². The van der Waals surface area contributed by atoms with Crippen LogP contribution in [-0.2, 0) is 20.7 Å². The molecular weight excluding hydrogens is 560 g/mol. The second-order valence-corrected chi connectivity index (χ2v) is 10.7. The summed E-state index contributed by atoms with van der Waals surface area (Å²) < 4.78 is 22.2. The number of methoxy groups -OCH3 is 1. The first-order valence-corrected chi connectivity index (χ1v) is 14.2. The maximum atomic E-state index is 13.7. The zero-order chi connectivity index (χ0) is 30.1. The van der Waals surface area contributed by atoms with Crippen LogP contribution in [-0.4, -0.2) is 54.2 Å². The number of benzene rings is 2. The number of aliphatic hydroxyl groups is 1. The topological polar surface area (TPSA) is 124 Å². The third kappa shape index (κ3) is 5.11. The van der Waals surface area contributed by atoms with Crippen LogP contribution in [0.25, 0.3) is 5.76 Å². The zero-order valence-electron chi connectivity index (χ0n) is 23.6. The predicted octanol–water partition coefficient (Wildman–Crippen LogP) is 5.15. The Kier molecular flexibility index (Phi) is 8.04. The maximum Gasteiger partial charge on any atom is 0.350 e. The molecule has 0 saturated carbocycles. The van der Waals surface area contributed by atoms with E-state index in [1.54, 1.807) is 49.4 Å². The molecule has 1 amide bonds. The van der Waals surface area contributed by atoms with Crippen molar-refractivity contribution in [1.82, 2.24) is 4.98 Å². The van der Waals surface area contributed by atoms with E-state index in [1.165, 1.54) is 12.0 Å². The van der Waals surface area contributed by atoms with E-state index in [0.717, 1.165) is 16.9 Å². The molecule has 1 saturated heterocycles. The predicted molar refractivity (Wildman–Crippen MR) is 157 cm³/mol. The van der Waals surface area contributed by atoms with Crippen molar-refractivity contribution in [2.45, 2.75) is 39.3 Å². The number of ketones is 1. The van der Waals surface area contributed by atoms with Crippen LogP contribution in [0.4, 0.5) is 5.13 Å². The number of amides is 1. The van der Waals surface area contributed by atoms with Crippen molar-refractivity contribution in [3.8, 4) is 17.2 Å². The minimum atomic E-state index is -1.09. The molecule has 1 N–H and O–H groups in total. The number of Topliss-reactive ketones (excluding diaryl/α,β-unsaturated/α-hetero) is 1. The van der Waals surface area contributed by atoms with Gasteiger partial charge in [-0.3, -0.25) is 14.5 Å². The number of esters is 1. The van der Waals surface area contributed by atoms with Crippen molar-refractivity contribution in [1.29, 1.82) is 0 Å². The van der Waals surface area contributed by atoms with E-state index < -0.39 is 23.7 Å². The summed E-state index contributed by atoms with van der Waals surface area (Å²) >= 11 is 0.928. The van der Waals surface area contributed by atoms with Crippen LogP contribution in [0.2, 0.25) is 0 Å². The highest BCUT2D eigenvalue weighted by atomic mass is 32.1. The number of thiazole rings is 1. The number of carbonyl (C=O) groups excluding carboxylic acids is 3. The highest BCUT2D eigenvalue weighted by Crippen LogP contribution is 2.46. The molecule has 3 aromatic rings. The summed E-state index contributed by atoms with van der Waals surface area (Å²) in [6.45, 7) is 9.63. The molecule has 2 aliphatic heterocycles. The van der Waals surface area contributed by atoms with Crippen molar-refractivity contribution in [3.63, 3.8) is 0 Å². The number of nitrogens with zero attached hydrogens (tertiary/aromatic N) is 2. The molecule has 1 fully saturated rings. The van der Waals surface area contributed by atoms with Crippen LogP contribution in [0.15, 0.2) is 54.6 Å². The number of anilines is 1. The number of rotatable bonds is 9. The number of hydrogen-bond donors (Lipinski definition) is 1. The number of hydrogen-bond acceptors (Lipinski definition) is 10. The first-order chi connectivity index (χ1) is 20.2. The molecule has 1 aromatic heterocycles. The minimum absolute atomic E-state index is 0.0149. The lowest BCUT2D eigenvalue weighted by molar-refractivity contribution is -0.132. The molecule has 2 atom stereocenters. The van der Waals surface area contributed by atoms with Gasteiger partial charge in [0.15, 0.2) is 16.6 Å². The third-order valence-electron chi connectivity index (χ3n) is 6.92. The molecule has 2 aromatic carbocycles. The minimum Gasteiger partial charge on any atom is -0.507 e. The Balaban J connectivity index is 1.70. The first kappa shape index (κ1) is 28.9. The molecule has 42 heavy (non-hydrogen) atoms. The molecule has 0 radical (unpaired) electrons. The van der Waals surface area contributed by atoms with E-state index in [2.05, 4.69) is 11.6 Å². The summed E-state index contributed by atoms with van der Waals surface area (Å²) in [7, 11) is 1.25. The second kappa shape index (κ2) is 11.7. The van der Waals surface area contributed by atoms with Gasteiger partial charge < -0.3 is 24.1 Å². The fourth-order valence-electron chi connectivity index (χ4n) is 5.07. The lowest BCUT2D eigenvalue weighted by atomic mass is 9.94. The van der Waals surface area contributed by atoms with Crippen molar-refractivity contribution < 1.29 is 38.4 Å². The number of ether oxygens (including phenoxy) is 4. The van der Waals surface area contributed by atoms with Gasteiger partial charge in [0.25, 0.3) is 5.78 Å². The summed E-state index contributed by atoms with van der Waals surface area (Å²) in [6.07, 6.45) is 2.23. The van der Waals surface area contributed by atoms with Crippen molar-refractivity contribution in [2.75, 3.05) is 25.2 Å². The van der Waals surface area contributed by atoms with Crippen LogP contribution < -0.4 is 19.1 Å². The summed E-state index contributed by atoms with van der Waals surface area (Å²) in [5.41, 5.74) is 1.95. The Morgan fingerprint density at radius 2 is 2.00 bits per heavy atom. The van der Waals surface area contributed by atoms with E-state index in [1.807, 2.05) is 13.8 Å². The number of fused-ring (bicyclic) bond motifs is 1. The van der Waals surface area contributed by atoms with Gasteiger partial charge in [-0.1, -0.05) is 30.1 Å². The smallest absolute Gasteiger partial charge is 0.350 e. The van der Waals surface area contributed by atoms with Crippen LogP contribution in [0.3, 0.4) is 0 Å². The number of carbonyl (C=O) groups is 3. The van der Waals surface area contributed by atoms with Gasteiger partial charge in [-0.15, -0.1) is 0 Å². The Morgan fingerprint density at radius 1 is 1.21 bits per heavy atom. The average molecular weight is 591 g/mol. The Morgan fingerprint density at radius 3 is 2.71 bits per heavy atom. The molecule has 0 bridgehead atoms. The van der Waals surface area contributed by atoms with E-state index in [-0.39, 0.29) is 34.1 Å². The third-order valence-corrected chi connectivity index (χ3v) is 8.05. The van der Waals surface area contributed by atoms with Gasteiger partial charge in [-0.25, -0.2) is 9.78 Å². The van der Waals surface area contributed by atoms with E-state index in [4.69, 9.17) is 18.9 Å². The van der Waals surface area contributed by atoms with Gasteiger partial charge in [-0.05, 0) is 62.2 Å². The Bertz CT molecular complexity index is 1620. The normalized spacial score (nSPS) is 18.9. The van der Waals surface area contributed by atoms with Crippen molar-refractivity contribution >= 4 is 39.9 Å². The van der Waals surface area contributed by atoms with Gasteiger partial charge in [0.05, 0.1) is 31.0 Å². The summed E-state index contributed by atoms with van der Waals surface area (Å²) in [5, 5.41) is 11.7. The zero-order valence-corrected chi connectivity index (χ0v) is 24.4. The SMILES string of the molecule is C=CCOc1ccc([C@@H]2C(=C(O)c3ccc4c(c3)C[C@H](C)O4)C(=O)C(=O)N2c2nc(C)c(C(=O)OC)s2)cc1OCC. The number of aromatic nitrogens is 1. The first-order valence-electron chi connectivity index (χ1n) is 13.4. The number of aliphatic hydroxyl groups excluding tert-OH is 1. The summed E-state index contributed by atoms with van der Waals surface area (Å²) in [6, 6.07) is 9.10. The van der Waals surface area contributed by atoms with Crippen molar-refractivity contribution in [3.05, 3.63) is 81.9 Å². The molecule has 0 unspecified atom stereocenters. The van der Waals surface area contributed by atoms with Gasteiger partial charge in [-0.2, -0.15) is 0 Å². The van der Waals surface area contributed by atoms with E-state index in [9.17, 15) is 19.5 Å². The van der Waals surface area contributed by atoms with Gasteiger partial charge in [0.1, 0.15) is 29.1 Å². The number of aryl methyl sites for hydroxylation is 1. The molecule has 10 nitrogen and oxygen atoms in total. The average Bonchev–Trinajstić information content (AvgIpc) is 3.63. The standard InChI is InChI=1S/C31H30N2O8S/c1-6-12-40-22-11-8-18(15-23(22)39-7-2)25-24(26(34)19-9-10-21-20(14-19)13-16(3)41-21)27(35)29(36)33(25)31-32-17(4)28(42-31)30(37)38-5/h6,8-11,14-16,25,34H,1,7,12-13H2,2-5H3/t16-,25+/m0/s1. The van der Waals surface area contributed by atoms with Gasteiger partial charge in [0, 0.05) is 12.0 Å². The lowest BCUT2D eigenvalue weighted by Crippen LogP contribution is -2.29. The van der Waals surface area contributed by atoms with Crippen LogP contribution in [0.1, 0.15) is 51.9 Å². The Hall–Kier alpha value is -4.64. The molecule has 0 aliphatic carbocycles. The van der Waals surface area contributed by atoms with E-state index in [0.29, 0.717) is 47.1 Å². The fourth-order valence-corrected chi connectivity index (χ4v) is 6.08. The van der Waals surface area contributed by atoms with Crippen molar-refractivity contribution in [2.24, 2.45) is 0 Å². The van der Waals surface area contributed by atoms with Crippen LogP contribution >= 0.6 is 11.3 Å². The lowest BCUT2D eigenvalue weighted by Gasteiger charge is -2.24. The Labute approximate surface area is 246 Å².